The minimum atomic E-state index is 0.00237. The van der Waals surface area contributed by atoms with Crippen molar-refractivity contribution in [2.75, 3.05) is 13.1 Å². The predicted molar refractivity (Wildman–Crippen MR) is 82.7 cm³/mol. The first-order chi connectivity index (χ1) is 10.8. The van der Waals surface area contributed by atoms with Crippen LogP contribution in [0.25, 0.3) is 0 Å². The number of ether oxygens (including phenoxy) is 1. The van der Waals surface area contributed by atoms with E-state index in [1.165, 1.54) is 19.3 Å². The van der Waals surface area contributed by atoms with E-state index < -0.39 is 0 Å². The molecule has 1 aromatic heterocycles. The van der Waals surface area contributed by atoms with E-state index in [0.717, 1.165) is 32.2 Å². The third-order valence-corrected chi connectivity index (χ3v) is 4.43. The molecule has 1 saturated heterocycles. The highest BCUT2D eigenvalue weighted by Gasteiger charge is 2.26. The summed E-state index contributed by atoms with van der Waals surface area (Å²) in [7, 11) is 0. The van der Waals surface area contributed by atoms with Crippen molar-refractivity contribution in [2.24, 2.45) is 0 Å². The maximum Gasteiger partial charge on any atom is 0.317 e. The Morgan fingerprint density at radius 1 is 1.18 bits per heavy atom. The predicted octanol–water partition coefficient (Wildman–Crippen LogP) is 2.36. The summed E-state index contributed by atoms with van der Waals surface area (Å²) in [6.07, 6.45) is 12.7. The lowest BCUT2D eigenvalue weighted by Crippen LogP contribution is -2.51. The van der Waals surface area contributed by atoms with Crippen LogP contribution in [-0.4, -0.2) is 46.1 Å². The summed E-state index contributed by atoms with van der Waals surface area (Å²) in [5.74, 6) is 0.530. The lowest BCUT2D eigenvalue weighted by atomic mass is 9.96. The average molecular weight is 304 g/mol. The van der Waals surface area contributed by atoms with Gasteiger partial charge in [0, 0.05) is 25.0 Å². The SMILES string of the molecule is O=C(NC1CCCCC1)N1CCCC(Oc2cnccn2)C1. The fourth-order valence-corrected chi connectivity index (χ4v) is 3.25. The standard InChI is InChI=1S/C16H24N4O2/c21-16(19-13-5-2-1-3-6-13)20-10-4-7-14(12-20)22-15-11-17-8-9-18-15/h8-9,11,13-14H,1-7,10,12H2,(H,19,21). The second-order valence-electron chi connectivity index (χ2n) is 6.16. The molecule has 0 aromatic carbocycles. The first kappa shape index (κ1) is 15.1. The Morgan fingerprint density at radius 2 is 2.05 bits per heavy atom. The van der Waals surface area contributed by atoms with Crippen LogP contribution in [0.1, 0.15) is 44.9 Å². The molecule has 1 saturated carbocycles. The van der Waals surface area contributed by atoms with Gasteiger partial charge >= 0.3 is 6.03 Å². The van der Waals surface area contributed by atoms with Crippen LogP contribution >= 0.6 is 0 Å². The maximum atomic E-state index is 12.4. The van der Waals surface area contributed by atoms with E-state index >= 15 is 0 Å². The van der Waals surface area contributed by atoms with E-state index in [1.807, 2.05) is 4.90 Å². The Hall–Kier alpha value is -1.85. The maximum absolute atomic E-state index is 12.4. The smallest absolute Gasteiger partial charge is 0.317 e. The number of likely N-dealkylation sites (tertiary alicyclic amines) is 1. The van der Waals surface area contributed by atoms with Gasteiger partial charge in [0.1, 0.15) is 6.10 Å². The van der Waals surface area contributed by atoms with Crippen molar-refractivity contribution in [3.05, 3.63) is 18.6 Å². The molecule has 0 spiro atoms. The van der Waals surface area contributed by atoms with Gasteiger partial charge in [-0.1, -0.05) is 19.3 Å². The highest BCUT2D eigenvalue weighted by atomic mass is 16.5. The van der Waals surface area contributed by atoms with Gasteiger partial charge in [0.15, 0.2) is 0 Å². The van der Waals surface area contributed by atoms with Gasteiger partial charge in [-0.2, -0.15) is 0 Å². The van der Waals surface area contributed by atoms with Crippen LogP contribution in [0.15, 0.2) is 18.6 Å². The zero-order valence-corrected chi connectivity index (χ0v) is 12.9. The molecule has 2 fully saturated rings. The van der Waals surface area contributed by atoms with Crippen molar-refractivity contribution in [1.29, 1.82) is 0 Å². The number of hydrogen-bond acceptors (Lipinski definition) is 4. The second-order valence-corrected chi connectivity index (χ2v) is 6.16. The van der Waals surface area contributed by atoms with Gasteiger partial charge in [0.05, 0.1) is 12.7 Å². The molecule has 22 heavy (non-hydrogen) atoms. The van der Waals surface area contributed by atoms with Crippen molar-refractivity contribution < 1.29 is 9.53 Å². The van der Waals surface area contributed by atoms with E-state index in [2.05, 4.69) is 15.3 Å². The van der Waals surface area contributed by atoms with Crippen LogP contribution in [0, 0.1) is 0 Å². The number of hydrogen-bond donors (Lipinski definition) is 1. The minimum Gasteiger partial charge on any atom is -0.471 e. The van der Waals surface area contributed by atoms with Gasteiger partial charge in [0.25, 0.3) is 0 Å². The van der Waals surface area contributed by atoms with Crippen LogP contribution in [0.4, 0.5) is 4.79 Å². The molecule has 6 heteroatoms. The topological polar surface area (TPSA) is 67.4 Å². The molecule has 1 aromatic rings. The quantitative estimate of drug-likeness (QED) is 0.931. The number of amides is 2. The zero-order chi connectivity index (χ0) is 15.2. The van der Waals surface area contributed by atoms with E-state index in [9.17, 15) is 4.79 Å². The minimum absolute atomic E-state index is 0.00237. The summed E-state index contributed by atoms with van der Waals surface area (Å²) in [6.45, 7) is 1.42. The molecule has 0 bridgehead atoms. The summed E-state index contributed by atoms with van der Waals surface area (Å²) in [6, 6.07) is 0.405. The van der Waals surface area contributed by atoms with Crippen molar-refractivity contribution in [1.82, 2.24) is 20.2 Å². The molecule has 2 amide bonds. The van der Waals surface area contributed by atoms with Crippen LogP contribution in [0.5, 0.6) is 5.88 Å². The van der Waals surface area contributed by atoms with Crippen molar-refractivity contribution in [3.63, 3.8) is 0 Å². The third-order valence-electron chi connectivity index (χ3n) is 4.43. The number of nitrogens with zero attached hydrogens (tertiary/aromatic N) is 3. The third kappa shape index (κ3) is 4.08. The fourth-order valence-electron chi connectivity index (χ4n) is 3.25. The first-order valence-corrected chi connectivity index (χ1v) is 8.29. The number of nitrogens with one attached hydrogen (secondary N) is 1. The molecule has 6 nitrogen and oxygen atoms in total. The van der Waals surface area contributed by atoms with Crippen molar-refractivity contribution in [3.8, 4) is 5.88 Å². The number of piperidine rings is 1. The van der Waals surface area contributed by atoms with E-state index in [0.29, 0.717) is 18.5 Å². The molecule has 1 unspecified atom stereocenters. The summed E-state index contributed by atoms with van der Waals surface area (Å²) < 4.78 is 5.83. The largest absolute Gasteiger partial charge is 0.471 e. The molecule has 1 N–H and O–H groups in total. The zero-order valence-electron chi connectivity index (χ0n) is 12.9. The van der Waals surface area contributed by atoms with Gasteiger partial charge in [-0.05, 0) is 25.7 Å². The Labute approximate surface area is 131 Å². The summed E-state index contributed by atoms with van der Waals surface area (Å²) >= 11 is 0. The van der Waals surface area contributed by atoms with E-state index in [4.69, 9.17) is 4.74 Å². The van der Waals surface area contributed by atoms with Gasteiger partial charge in [-0.15, -0.1) is 0 Å². The second kappa shape index (κ2) is 7.42. The lowest BCUT2D eigenvalue weighted by molar-refractivity contribution is 0.0957. The highest BCUT2D eigenvalue weighted by molar-refractivity contribution is 5.74. The normalized spacial score (nSPS) is 23.1. The first-order valence-electron chi connectivity index (χ1n) is 8.29. The average Bonchev–Trinajstić information content (AvgIpc) is 2.57. The monoisotopic (exact) mass is 304 g/mol. The molecule has 1 aliphatic carbocycles. The van der Waals surface area contributed by atoms with Crippen LogP contribution < -0.4 is 10.1 Å². The molecule has 120 valence electrons. The number of urea groups is 1. The Bertz CT molecular complexity index is 476. The lowest BCUT2D eigenvalue weighted by Gasteiger charge is -2.34. The summed E-state index contributed by atoms with van der Waals surface area (Å²) in [5, 5.41) is 3.18. The molecule has 2 aliphatic rings. The molecule has 2 heterocycles. The molecule has 1 atom stereocenters. The van der Waals surface area contributed by atoms with E-state index in [1.54, 1.807) is 18.6 Å². The van der Waals surface area contributed by atoms with Crippen LogP contribution in [0.2, 0.25) is 0 Å². The fraction of sp³-hybridized carbons (Fsp3) is 0.688. The van der Waals surface area contributed by atoms with Gasteiger partial charge in [-0.25, -0.2) is 9.78 Å². The van der Waals surface area contributed by atoms with Gasteiger partial charge < -0.3 is 15.0 Å². The van der Waals surface area contributed by atoms with Gasteiger partial charge in [0.2, 0.25) is 5.88 Å². The summed E-state index contributed by atoms with van der Waals surface area (Å²) in [4.78, 5) is 22.4. The molecular weight excluding hydrogens is 280 g/mol. The Morgan fingerprint density at radius 3 is 2.82 bits per heavy atom. The number of aromatic nitrogens is 2. The molecule has 1 aliphatic heterocycles. The van der Waals surface area contributed by atoms with Crippen molar-refractivity contribution >= 4 is 6.03 Å². The molecular formula is C16H24N4O2. The van der Waals surface area contributed by atoms with Crippen LogP contribution in [0.3, 0.4) is 0 Å². The summed E-state index contributed by atoms with van der Waals surface area (Å²) in [5.41, 5.74) is 0. The molecule has 0 radical (unpaired) electrons. The van der Waals surface area contributed by atoms with E-state index in [-0.39, 0.29) is 12.1 Å². The number of carbonyl (C=O) groups excluding carboxylic acids is 1. The van der Waals surface area contributed by atoms with Crippen LogP contribution in [-0.2, 0) is 0 Å². The molecule has 3 rings (SSSR count). The Kier molecular flexibility index (Phi) is 5.08. The van der Waals surface area contributed by atoms with Gasteiger partial charge in [-0.3, -0.25) is 4.98 Å². The van der Waals surface area contributed by atoms with Crippen molar-refractivity contribution in [2.45, 2.75) is 57.1 Å². The number of rotatable bonds is 3. The number of carbonyl (C=O) groups is 1. The Balaban J connectivity index is 1.50. The highest BCUT2D eigenvalue weighted by Crippen LogP contribution is 2.19.